The monoisotopic (exact) mass is 174 g/mol. The van der Waals surface area contributed by atoms with E-state index in [4.69, 9.17) is 0 Å². The van der Waals surface area contributed by atoms with Gasteiger partial charge in [-0.05, 0) is 36.5 Å². The molecular formula is C13H18. The number of benzene rings is 1. The Kier molecular flexibility index (Phi) is 3.30. The molecular weight excluding hydrogens is 156 g/mol. The molecule has 0 fully saturated rings. The maximum absolute atomic E-state index is 4.04. The fourth-order valence-electron chi connectivity index (χ4n) is 1.79. The average Bonchev–Trinajstić information content (AvgIpc) is 2.16. The summed E-state index contributed by atoms with van der Waals surface area (Å²) in [5, 5.41) is 0. The van der Waals surface area contributed by atoms with Gasteiger partial charge in [-0.15, -0.1) is 0 Å². The van der Waals surface area contributed by atoms with Crippen LogP contribution in [0.1, 0.15) is 37.5 Å². The highest BCUT2D eigenvalue weighted by molar-refractivity contribution is 5.67. The SMILES string of the molecule is C=C(C)c1c(CC)cccc1CC. The molecule has 0 aliphatic rings. The summed E-state index contributed by atoms with van der Waals surface area (Å²) >= 11 is 0. The van der Waals surface area contributed by atoms with E-state index in [2.05, 4.69) is 45.5 Å². The average molecular weight is 174 g/mol. The fourth-order valence-corrected chi connectivity index (χ4v) is 1.79. The molecule has 0 atom stereocenters. The van der Waals surface area contributed by atoms with Crippen molar-refractivity contribution in [2.24, 2.45) is 0 Å². The smallest absolute Gasteiger partial charge is 0.0169 e. The van der Waals surface area contributed by atoms with Gasteiger partial charge in [0.1, 0.15) is 0 Å². The van der Waals surface area contributed by atoms with Gasteiger partial charge >= 0.3 is 0 Å². The number of allylic oxidation sites excluding steroid dienone is 1. The summed E-state index contributed by atoms with van der Waals surface area (Å²) < 4.78 is 0. The molecule has 1 aromatic carbocycles. The van der Waals surface area contributed by atoms with Gasteiger partial charge in [-0.3, -0.25) is 0 Å². The molecule has 13 heavy (non-hydrogen) atoms. The van der Waals surface area contributed by atoms with E-state index in [1.165, 1.54) is 22.3 Å². The Morgan fingerprint density at radius 1 is 1.15 bits per heavy atom. The van der Waals surface area contributed by atoms with Gasteiger partial charge in [0.2, 0.25) is 0 Å². The van der Waals surface area contributed by atoms with Gasteiger partial charge < -0.3 is 0 Å². The van der Waals surface area contributed by atoms with E-state index in [1.54, 1.807) is 0 Å². The molecule has 0 saturated heterocycles. The molecule has 0 aliphatic heterocycles. The van der Waals surface area contributed by atoms with E-state index in [0.29, 0.717) is 0 Å². The molecule has 1 aromatic rings. The molecule has 0 bridgehead atoms. The largest absolute Gasteiger partial charge is 0.0955 e. The molecule has 0 unspecified atom stereocenters. The molecule has 0 saturated carbocycles. The molecule has 0 aliphatic carbocycles. The van der Waals surface area contributed by atoms with Crippen molar-refractivity contribution in [3.63, 3.8) is 0 Å². The highest BCUT2D eigenvalue weighted by atomic mass is 14.1. The summed E-state index contributed by atoms with van der Waals surface area (Å²) in [6.07, 6.45) is 2.19. The van der Waals surface area contributed by atoms with Crippen molar-refractivity contribution in [3.05, 3.63) is 41.5 Å². The summed E-state index contributed by atoms with van der Waals surface area (Å²) in [4.78, 5) is 0. The second-order valence-electron chi connectivity index (χ2n) is 3.44. The van der Waals surface area contributed by atoms with Crippen molar-refractivity contribution in [1.82, 2.24) is 0 Å². The van der Waals surface area contributed by atoms with Crippen LogP contribution in [-0.4, -0.2) is 0 Å². The van der Waals surface area contributed by atoms with Crippen molar-refractivity contribution in [1.29, 1.82) is 0 Å². The highest BCUT2D eigenvalue weighted by Crippen LogP contribution is 2.23. The minimum Gasteiger partial charge on any atom is -0.0955 e. The van der Waals surface area contributed by atoms with Crippen LogP contribution in [0.5, 0.6) is 0 Å². The molecule has 0 aromatic heterocycles. The van der Waals surface area contributed by atoms with Gasteiger partial charge in [0.05, 0.1) is 0 Å². The third-order valence-electron chi connectivity index (χ3n) is 2.43. The van der Waals surface area contributed by atoms with Crippen LogP contribution in [0.3, 0.4) is 0 Å². The lowest BCUT2D eigenvalue weighted by molar-refractivity contribution is 1.07. The molecule has 1 rings (SSSR count). The lowest BCUT2D eigenvalue weighted by Gasteiger charge is -2.12. The summed E-state index contributed by atoms with van der Waals surface area (Å²) in [7, 11) is 0. The zero-order valence-electron chi connectivity index (χ0n) is 8.85. The number of aryl methyl sites for hydroxylation is 2. The first-order valence-corrected chi connectivity index (χ1v) is 4.97. The Balaban J connectivity index is 3.29. The zero-order chi connectivity index (χ0) is 9.84. The van der Waals surface area contributed by atoms with Crippen LogP contribution in [-0.2, 0) is 12.8 Å². The van der Waals surface area contributed by atoms with E-state index < -0.39 is 0 Å². The van der Waals surface area contributed by atoms with E-state index in [9.17, 15) is 0 Å². The Bertz CT molecular complexity index is 286. The number of hydrogen-bond donors (Lipinski definition) is 0. The first kappa shape index (κ1) is 10.0. The second kappa shape index (κ2) is 4.27. The van der Waals surface area contributed by atoms with Crippen LogP contribution in [0, 0.1) is 0 Å². The molecule has 0 amide bonds. The molecule has 0 heteroatoms. The number of hydrogen-bond acceptors (Lipinski definition) is 0. The maximum atomic E-state index is 4.04. The summed E-state index contributed by atoms with van der Waals surface area (Å²) in [5.41, 5.74) is 5.42. The van der Waals surface area contributed by atoms with Gasteiger partial charge in [-0.2, -0.15) is 0 Å². The van der Waals surface area contributed by atoms with Gasteiger partial charge in [-0.25, -0.2) is 0 Å². The standard InChI is InChI=1S/C13H18/c1-5-11-8-7-9-12(6-2)13(11)10(3)4/h7-9H,3,5-6H2,1-2,4H3. The van der Waals surface area contributed by atoms with Gasteiger partial charge in [0, 0.05) is 0 Å². The van der Waals surface area contributed by atoms with Crippen molar-refractivity contribution < 1.29 is 0 Å². The lowest BCUT2D eigenvalue weighted by Crippen LogP contribution is -1.95. The minimum absolute atomic E-state index is 1.09. The van der Waals surface area contributed by atoms with Crippen LogP contribution in [0.2, 0.25) is 0 Å². The summed E-state index contributed by atoms with van der Waals surface area (Å²) in [6, 6.07) is 6.54. The van der Waals surface area contributed by atoms with Gasteiger partial charge in [-0.1, -0.05) is 44.2 Å². The quantitative estimate of drug-likeness (QED) is 0.653. The van der Waals surface area contributed by atoms with Crippen LogP contribution >= 0.6 is 0 Å². The van der Waals surface area contributed by atoms with Crippen molar-refractivity contribution in [2.45, 2.75) is 33.6 Å². The molecule has 0 radical (unpaired) electrons. The third-order valence-corrected chi connectivity index (χ3v) is 2.43. The van der Waals surface area contributed by atoms with E-state index in [0.717, 1.165) is 12.8 Å². The van der Waals surface area contributed by atoms with Crippen LogP contribution in [0.15, 0.2) is 24.8 Å². The van der Waals surface area contributed by atoms with E-state index in [1.807, 2.05) is 0 Å². The fraction of sp³-hybridized carbons (Fsp3) is 0.385. The van der Waals surface area contributed by atoms with E-state index in [-0.39, 0.29) is 0 Å². The molecule has 0 N–H and O–H groups in total. The minimum atomic E-state index is 1.09. The molecule has 0 heterocycles. The molecule has 70 valence electrons. The lowest BCUT2D eigenvalue weighted by atomic mass is 9.93. The van der Waals surface area contributed by atoms with Gasteiger partial charge in [0.25, 0.3) is 0 Å². The normalized spacial score (nSPS) is 10.1. The predicted molar refractivity (Wildman–Crippen MR) is 59.9 cm³/mol. The zero-order valence-corrected chi connectivity index (χ0v) is 8.85. The van der Waals surface area contributed by atoms with Crippen molar-refractivity contribution >= 4 is 5.57 Å². The van der Waals surface area contributed by atoms with Crippen LogP contribution < -0.4 is 0 Å². The third kappa shape index (κ3) is 2.00. The number of rotatable bonds is 3. The molecule has 0 spiro atoms. The van der Waals surface area contributed by atoms with Crippen LogP contribution in [0.4, 0.5) is 0 Å². The van der Waals surface area contributed by atoms with E-state index >= 15 is 0 Å². The Hall–Kier alpha value is -1.04. The Labute approximate surface area is 81.3 Å². The summed E-state index contributed by atoms with van der Waals surface area (Å²) in [5.74, 6) is 0. The highest BCUT2D eigenvalue weighted by Gasteiger charge is 2.05. The topological polar surface area (TPSA) is 0 Å². The first-order chi connectivity index (χ1) is 6.20. The second-order valence-corrected chi connectivity index (χ2v) is 3.44. The maximum Gasteiger partial charge on any atom is -0.0169 e. The van der Waals surface area contributed by atoms with Crippen LogP contribution in [0.25, 0.3) is 5.57 Å². The summed E-state index contributed by atoms with van der Waals surface area (Å²) in [6.45, 7) is 10.5. The first-order valence-electron chi connectivity index (χ1n) is 4.97. The Morgan fingerprint density at radius 2 is 1.62 bits per heavy atom. The Morgan fingerprint density at radius 3 is 1.92 bits per heavy atom. The predicted octanol–water partition coefficient (Wildman–Crippen LogP) is 3.84. The van der Waals surface area contributed by atoms with Gasteiger partial charge in [0.15, 0.2) is 0 Å². The van der Waals surface area contributed by atoms with Crippen molar-refractivity contribution in [3.8, 4) is 0 Å². The van der Waals surface area contributed by atoms with Crippen molar-refractivity contribution in [2.75, 3.05) is 0 Å². The molecule has 0 nitrogen and oxygen atoms in total.